The van der Waals surface area contributed by atoms with Crippen molar-refractivity contribution in [2.75, 3.05) is 21.3 Å². The Labute approximate surface area is 151 Å². The summed E-state index contributed by atoms with van der Waals surface area (Å²) in [6.45, 7) is 2.77. The molecular formula is C18H21N3O3S. The van der Waals surface area contributed by atoms with E-state index in [4.69, 9.17) is 13.9 Å². The summed E-state index contributed by atoms with van der Waals surface area (Å²) in [5.41, 5.74) is 1.12. The Hall–Kier alpha value is -2.38. The molecule has 0 saturated carbocycles. The van der Waals surface area contributed by atoms with Crippen LogP contribution in [0.1, 0.15) is 24.4 Å². The summed E-state index contributed by atoms with van der Waals surface area (Å²) >= 11 is 1.58. The monoisotopic (exact) mass is 359 g/mol. The molecule has 6 nitrogen and oxygen atoms in total. The van der Waals surface area contributed by atoms with Gasteiger partial charge < -0.3 is 13.9 Å². The molecule has 0 aliphatic rings. The van der Waals surface area contributed by atoms with Crippen LogP contribution in [0.3, 0.4) is 0 Å². The third-order valence-corrected chi connectivity index (χ3v) is 4.93. The Morgan fingerprint density at radius 3 is 2.64 bits per heavy atom. The minimum absolute atomic E-state index is 0.00527. The van der Waals surface area contributed by atoms with Gasteiger partial charge in [-0.1, -0.05) is 12.1 Å². The molecule has 3 aromatic rings. The summed E-state index contributed by atoms with van der Waals surface area (Å²) in [6.07, 6.45) is 0. The van der Waals surface area contributed by atoms with Crippen molar-refractivity contribution in [3.05, 3.63) is 47.2 Å². The number of hydrogen-bond donors (Lipinski definition) is 0. The van der Waals surface area contributed by atoms with Crippen LogP contribution in [0, 0.1) is 0 Å². The molecule has 1 aromatic carbocycles. The van der Waals surface area contributed by atoms with Gasteiger partial charge in [-0.05, 0) is 43.1 Å². The molecule has 132 valence electrons. The van der Waals surface area contributed by atoms with Crippen molar-refractivity contribution in [1.29, 1.82) is 0 Å². The number of thiophene rings is 1. The Balaban J connectivity index is 1.71. The highest BCUT2D eigenvalue weighted by atomic mass is 32.1. The second-order valence-corrected chi connectivity index (χ2v) is 6.65. The molecule has 7 heteroatoms. The summed E-state index contributed by atoms with van der Waals surface area (Å²) in [5.74, 6) is 2.61. The van der Waals surface area contributed by atoms with Gasteiger partial charge in [0.1, 0.15) is 0 Å². The largest absolute Gasteiger partial charge is 0.493 e. The molecule has 2 aromatic heterocycles. The smallest absolute Gasteiger partial charge is 0.257 e. The van der Waals surface area contributed by atoms with Crippen LogP contribution in [0.25, 0.3) is 10.8 Å². The standard InChI is InChI=1S/C18H21N3O3S/c1-12(17-19-20-18(24-17)16-6-5-9-25-16)21(2)11-13-7-8-14(22-3)15(10-13)23-4/h5-10,12H,11H2,1-4H3. The summed E-state index contributed by atoms with van der Waals surface area (Å²) < 4.78 is 16.5. The van der Waals surface area contributed by atoms with Gasteiger partial charge in [0, 0.05) is 6.54 Å². The summed E-state index contributed by atoms with van der Waals surface area (Å²) in [4.78, 5) is 3.13. The topological polar surface area (TPSA) is 60.6 Å². The molecule has 0 amide bonds. The van der Waals surface area contributed by atoms with Crippen LogP contribution in [0.4, 0.5) is 0 Å². The zero-order chi connectivity index (χ0) is 17.8. The van der Waals surface area contributed by atoms with Crippen LogP contribution < -0.4 is 9.47 Å². The Kier molecular flexibility index (Phi) is 5.35. The lowest BCUT2D eigenvalue weighted by Gasteiger charge is -2.22. The first kappa shape index (κ1) is 17.4. The average Bonchev–Trinajstić information content (AvgIpc) is 3.32. The predicted molar refractivity (Wildman–Crippen MR) is 97.0 cm³/mol. The normalized spacial score (nSPS) is 12.4. The first-order chi connectivity index (χ1) is 12.1. The van der Waals surface area contributed by atoms with E-state index in [-0.39, 0.29) is 6.04 Å². The molecular weight excluding hydrogens is 338 g/mol. The quantitative estimate of drug-likeness (QED) is 0.635. The number of nitrogens with zero attached hydrogens (tertiary/aromatic N) is 3. The molecule has 0 aliphatic heterocycles. The molecule has 3 rings (SSSR count). The van der Waals surface area contributed by atoms with Crippen molar-refractivity contribution < 1.29 is 13.9 Å². The van der Waals surface area contributed by atoms with Gasteiger partial charge in [-0.2, -0.15) is 0 Å². The van der Waals surface area contributed by atoms with Gasteiger partial charge in [-0.25, -0.2) is 0 Å². The first-order valence-electron chi connectivity index (χ1n) is 7.90. The van der Waals surface area contributed by atoms with Gasteiger partial charge in [0.2, 0.25) is 5.89 Å². The average molecular weight is 359 g/mol. The molecule has 0 saturated heterocycles. The number of rotatable bonds is 7. The zero-order valence-corrected chi connectivity index (χ0v) is 15.5. The van der Waals surface area contributed by atoms with Crippen molar-refractivity contribution in [3.8, 4) is 22.3 Å². The van der Waals surface area contributed by atoms with Crippen molar-refractivity contribution in [2.24, 2.45) is 0 Å². The molecule has 0 fully saturated rings. The van der Waals surface area contributed by atoms with Crippen molar-refractivity contribution >= 4 is 11.3 Å². The first-order valence-corrected chi connectivity index (χ1v) is 8.78. The van der Waals surface area contributed by atoms with E-state index in [2.05, 4.69) is 15.1 Å². The number of hydrogen-bond acceptors (Lipinski definition) is 7. The molecule has 0 spiro atoms. The second-order valence-electron chi connectivity index (χ2n) is 5.70. The molecule has 0 N–H and O–H groups in total. The second kappa shape index (κ2) is 7.67. The van der Waals surface area contributed by atoms with Crippen LogP contribution in [0.2, 0.25) is 0 Å². The third-order valence-electron chi connectivity index (χ3n) is 4.07. The summed E-state index contributed by atoms with van der Waals surface area (Å²) in [7, 11) is 5.29. The fraction of sp³-hybridized carbons (Fsp3) is 0.333. The Morgan fingerprint density at radius 1 is 1.16 bits per heavy atom. The van der Waals surface area contributed by atoms with Gasteiger partial charge >= 0.3 is 0 Å². The van der Waals surface area contributed by atoms with Crippen LogP contribution in [0.15, 0.2) is 40.1 Å². The van der Waals surface area contributed by atoms with E-state index in [1.54, 1.807) is 25.6 Å². The van der Waals surface area contributed by atoms with Crippen LogP contribution in [-0.4, -0.2) is 36.4 Å². The molecule has 1 unspecified atom stereocenters. The lowest BCUT2D eigenvalue weighted by molar-refractivity contribution is 0.217. The fourth-order valence-electron chi connectivity index (χ4n) is 2.50. The highest BCUT2D eigenvalue weighted by molar-refractivity contribution is 7.13. The van der Waals surface area contributed by atoms with E-state index in [0.717, 1.165) is 28.5 Å². The highest BCUT2D eigenvalue weighted by Crippen LogP contribution is 2.30. The van der Waals surface area contributed by atoms with Crippen LogP contribution in [0.5, 0.6) is 11.5 Å². The fourth-order valence-corrected chi connectivity index (χ4v) is 3.14. The van der Waals surface area contributed by atoms with E-state index in [9.17, 15) is 0 Å². The van der Waals surface area contributed by atoms with Gasteiger partial charge in [0.25, 0.3) is 5.89 Å². The number of benzene rings is 1. The van der Waals surface area contributed by atoms with E-state index >= 15 is 0 Å². The maximum Gasteiger partial charge on any atom is 0.257 e. The maximum atomic E-state index is 5.83. The minimum atomic E-state index is -0.00527. The SMILES string of the molecule is COc1ccc(CN(C)C(C)c2nnc(-c3cccs3)o2)cc1OC. The van der Waals surface area contributed by atoms with Crippen LogP contribution in [-0.2, 0) is 6.54 Å². The van der Waals surface area contributed by atoms with E-state index in [1.807, 2.05) is 49.7 Å². The molecule has 1 atom stereocenters. The molecule has 25 heavy (non-hydrogen) atoms. The van der Waals surface area contributed by atoms with Crippen molar-refractivity contribution in [1.82, 2.24) is 15.1 Å². The van der Waals surface area contributed by atoms with Gasteiger partial charge in [0.05, 0.1) is 25.1 Å². The zero-order valence-electron chi connectivity index (χ0n) is 14.7. The number of methoxy groups -OCH3 is 2. The maximum absolute atomic E-state index is 5.83. The lowest BCUT2D eigenvalue weighted by Crippen LogP contribution is -2.22. The summed E-state index contributed by atoms with van der Waals surface area (Å²) in [5, 5.41) is 10.3. The lowest BCUT2D eigenvalue weighted by atomic mass is 10.1. The predicted octanol–water partition coefficient (Wildman–Crippen LogP) is 4.01. The van der Waals surface area contributed by atoms with Gasteiger partial charge in [-0.15, -0.1) is 21.5 Å². The van der Waals surface area contributed by atoms with E-state index < -0.39 is 0 Å². The number of aromatic nitrogens is 2. The Morgan fingerprint density at radius 2 is 1.96 bits per heavy atom. The third kappa shape index (κ3) is 3.83. The van der Waals surface area contributed by atoms with Crippen molar-refractivity contribution in [3.63, 3.8) is 0 Å². The molecule has 0 radical (unpaired) electrons. The molecule has 0 bridgehead atoms. The number of ether oxygens (including phenoxy) is 2. The molecule has 2 heterocycles. The van der Waals surface area contributed by atoms with Gasteiger partial charge in [0.15, 0.2) is 11.5 Å². The van der Waals surface area contributed by atoms with E-state index in [0.29, 0.717) is 11.8 Å². The summed E-state index contributed by atoms with van der Waals surface area (Å²) in [6, 6.07) is 9.85. The van der Waals surface area contributed by atoms with E-state index in [1.165, 1.54) is 0 Å². The van der Waals surface area contributed by atoms with Crippen molar-refractivity contribution in [2.45, 2.75) is 19.5 Å². The molecule has 0 aliphatic carbocycles. The highest BCUT2D eigenvalue weighted by Gasteiger charge is 2.20. The Bertz CT molecular complexity index is 817. The minimum Gasteiger partial charge on any atom is -0.493 e. The van der Waals surface area contributed by atoms with Crippen LogP contribution >= 0.6 is 11.3 Å². The van der Waals surface area contributed by atoms with Gasteiger partial charge in [-0.3, -0.25) is 4.90 Å².